The van der Waals surface area contributed by atoms with Crippen LogP contribution in [0.3, 0.4) is 0 Å². The lowest BCUT2D eigenvalue weighted by Gasteiger charge is -2.32. The molecule has 0 rings (SSSR count). The molecule has 0 saturated heterocycles. The van der Waals surface area contributed by atoms with Crippen LogP contribution in [0.25, 0.3) is 0 Å². The van der Waals surface area contributed by atoms with E-state index >= 15 is 0 Å². The predicted molar refractivity (Wildman–Crippen MR) is 190 cm³/mol. The molecule has 0 aromatic heterocycles. The Kier molecular flexibility index (Phi) is 29.7. The summed E-state index contributed by atoms with van der Waals surface area (Å²) in [5, 5.41) is 0.342. The van der Waals surface area contributed by atoms with Crippen molar-refractivity contribution in [1.29, 1.82) is 0 Å². The van der Waals surface area contributed by atoms with Gasteiger partial charge in [-0.05, 0) is 12.8 Å². The minimum atomic E-state index is -5.10. The van der Waals surface area contributed by atoms with Crippen LogP contribution in [0.2, 0.25) is 0 Å². The second kappa shape index (κ2) is 30.3. The van der Waals surface area contributed by atoms with Gasteiger partial charge < -0.3 is 19.8 Å². The summed E-state index contributed by atoms with van der Waals surface area (Å²) in [6, 6.07) is 0. The van der Waals surface area contributed by atoms with Gasteiger partial charge in [-0.25, -0.2) is 0 Å². The third kappa shape index (κ3) is 23.9. The van der Waals surface area contributed by atoms with Crippen LogP contribution in [0.1, 0.15) is 194 Å². The highest BCUT2D eigenvalue weighted by atomic mass is 31.2. The molecule has 45 heavy (non-hydrogen) atoms. The maximum Gasteiger partial charge on any atom is 0.377 e. The molecule has 0 aromatic carbocycles. The fourth-order valence-corrected chi connectivity index (χ4v) is 6.86. The molecule has 0 spiro atoms. The molecule has 0 aromatic rings. The monoisotopic (exact) mass is 658 g/mol. The van der Waals surface area contributed by atoms with E-state index in [0.717, 1.165) is 38.5 Å². The summed E-state index contributed by atoms with van der Waals surface area (Å²) in [6.07, 6.45) is 31.9. The van der Waals surface area contributed by atoms with Crippen molar-refractivity contribution >= 4 is 19.3 Å². The minimum absolute atomic E-state index is 0.0232. The molecule has 0 fully saturated rings. The molecule has 266 valence electrons. The molecular weight excluding hydrogens is 585 g/mol. The Labute approximate surface area is 277 Å². The second-order valence-corrected chi connectivity index (χ2v) is 14.9. The standard InChI is InChI=1S/C37H72NO6P/c1-4-7-9-11-13-15-17-19-21-23-25-27-29-31-35(39)37(45(41,42)43,34-38-33-6-3)44-36(40)32-30-28-26-24-22-20-18-16-14-12-10-8-5-2/h6,38H,3-5,7-34H2,1-2H3,(H2,41,42,43). The average molecular weight is 658 g/mol. The van der Waals surface area contributed by atoms with E-state index in [-0.39, 0.29) is 19.4 Å². The van der Waals surface area contributed by atoms with Crippen molar-refractivity contribution in [3.8, 4) is 0 Å². The quantitative estimate of drug-likeness (QED) is 0.0269. The third-order valence-corrected chi connectivity index (χ3v) is 10.3. The number of rotatable bonds is 35. The van der Waals surface area contributed by atoms with Gasteiger partial charge in [0.2, 0.25) is 0 Å². The van der Waals surface area contributed by atoms with Crippen LogP contribution in [-0.4, -0.2) is 40.0 Å². The third-order valence-electron chi connectivity index (χ3n) is 8.83. The lowest BCUT2D eigenvalue weighted by atomic mass is 10.0. The van der Waals surface area contributed by atoms with E-state index in [1.54, 1.807) is 0 Å². The van der Waals surface area contributed by atoms with Gasteiger partial charge in [0.25, 0.3) is 5.34 Å². The van der Waals surface area contributed by atoms with Crippen LogP contribution >= 0.6 is 7.60 Å². The zero-order valence-electron chi connectivity index (χ0n) is 29.5. The van der Waals surface area contributed by atoms with Gasteiger partial charge in [-0.2, -0.15) is 0 Å². The second-order valence-electron chi connectivity index (χ2n) is 13.1. The van der Waals surface area contributed by atoms with Crippen molar-refractivity contribution < 1.29 is 28.7 Å². The molecule has 8 heteroatoms. The summed E-state index contributed by atoms with van der Waals surface area (Å²) in [6.45, 7) is 7.91. The number of unbranched alkanes of at least 4 members (excludes halogenated alkanes) is 24. The maximum atomic E-state index is 13.3. The Bertz CT molecular complexity index is 770. The van der Waals surface area contributed by atoms with Crippen molar-refractivity contribution in [2.24, 2.45) is 0 Å². The van der Waals surface area contributed by atoms with E-state index in [0.29, 0.717) is 12.8 Å². The molecule has 7 nitrogen and oxygen atoms in total. The Morgan fingerprint density at radius 1 is 0.622 bits per heavy atom. The number of hydrogen-bond donors (Lipinski definition) is 3. The number of nitrogens with one attached hydrogen (secondary N) is 1. The van der Waals surface area contributed by atoms with E-state index in [4.69, 9.17) is 4.74 Å². The molecule has 0 saturated carbocycles. The molecule has 3 N–H and O–H groups in total. The smallest absolute Gasteiger partial charge is 0.377 e. The number of carbonyl (C=O) groups is 2. The van der Waals surface area contributed by atoms with Gasteiger partial charge in [-0.1, -0.05) is 174 Å². The molecule has 0 amide bonds. The van der Waals surface area contributed by atoms with E-state index < -0.39 is 31.2 Å². The maximum absolute atomic E-state index is 13.3. The van der Waals surface area contributed by atoms with Crippen LogP contribution in [0.15, 0.2) is 12.7 Å². The number of carbonyl (C=O) groups excluding carboxylic acids is 2. The first-order valence-corrected chi connectivity index (χ1v) is 20.5. The van der Waals surface area contributed by atoms with Crippen molar-refractivity contribution in [3.05, 3.63) is 12.7 Å². The molecule has 0 aliphatic rings. The molecule has 0 aliphatic carbocycles. The van der Waals surface area contributed by atoms with Gasteiger partial charge in [0.15, 0.2) is 5.78 Å². The molecule has 0 bridgehead atoms. The fourth-order valence-electron chi connectivity index (χ4n) is 5.89. The van der Waals surface area contributed by atoms with Crippen LogP contribution in [0.4, 0.5) is 0 Å². The molecule has 0 radical (unpaired) electrons. The molecule has 0 heterocycles. The minimum Gasteiger partial charge on any atom is -0.436 e. The SMILES string of the molecule is C=CCNCC(OC(=O)CCCCCCCCCCCCCCC)(C(=O)CCCCCCCCCCCCCCC)P(=O)(O)O. The largest absolute Gasteiger partial charge is 0.436 e. The summed E-state index contributed by atoms with van der Waals surface area (Å²) in [7, 11) is -5.10. The normalized spacial score (nSPS) is 13.1. The van der Waals surface area contributed by atoms with Crippen LogP contribution in [-0.2, 0) is 18.9 Å². The molecular formula is C37H72NO6P. The first kappa shape index (κ1) is 44.0. The van der Waals surface area contributed by atoms with Gasteiger partial charge in [0, 0.05) is 19.4 Å². The summed E-state index contributed by atoms with van der Waals surface area (Å²) < 4.78 is 18.1. The van der Waals surface area contributed by atoms with Crippen molar-refractivity contribution in [3.63, 3.8) is 0 Å². The lowest BCUT2D eigenvalue weighted by molar-refractivity contribution is -0.160. The Morgan fingerprint density at radius 3 is 1.29 bits per heavy atom. The van der Waals surface area contributed by atoms with Crippen LogP contribution in [0.5, 0.6) is 0 Å². The number of hydrogen-bond acceptors (Lipinski definition) is 5. The zero-order valence-corrected chi connectivity index (χ0v) is 30.4. The Balaban J connectivity index is 4.47. The fraction of sp³-hybridized carbons (Fsp3) is 0.892. The predicted octanol–water partition coefficient (Wildman–Crippen LogP) is 10.7. The Morgan fingerprint density at radius 2 is 0.956 bits per heavy atom. The van der Waals surface area contributed by atoms with Gasteiger partial charge in [-0.3, -0.25) is 14.2 Å². The molecule has 0 aliphatic heterocycles. The van der Waals surface area contributed by atoms with E-state index in [1.807, 2.05) is 0 Å². The van der Waals surface area contributed by atoms with E-state index in [9.17, 15) is 23.9 Å². The van der Waals surface area contributed by atoms with Crippen molar-refractivity contribution in [2.75, 3.05) is 13.1 Å². The number of ketones is 1. The van der Waals surface area contributed by atoms with E-state index in [2.05, 4.69) is 25.7 Å². The lowest BCUT2D eigenvalue weighted by Crippen LogP contribution is -2.50. The summed E-state index contributed by atoms with van der Waals surface area (Å²) in [4.78, 5) is 46.6. The Hall–Kier alpha value is -1.01. The van der Waals surface area contributed by atoms with E-state index in [1.165, 1.54) is 122 Å². The highest BCUT2D eigenvalue weighted by Crippen LogP contribution is 2.52. The number of esters is 1. The van der Waals surface area contributed by atoms with Gasteiger partial charge in [0.05, 0.1) is 6.54 Å². The average Bonchev–Trinajstić information content (AvgIpc) is 3.00. The first-order valence-electron chi connectivity index (χ1n) is 18.9. The summed E-state index contributed by atoms with van der Waals surface area (Å²) in [5.74, 6) is -1.42. The van der Waals surface area contributed by atoms with Crippen LogP contribution < -0.4 is 5.32 Å². The highest BCUT2D eigenvalue weighted by molar-refractivity contribution is 7.54. The summed E-state index contributed by atoms with van der Waals surface area (Å²) >= 11 is 0. The first-order chi connectivity index (χ1) is 21.7. The zero-order chi connectivity index (χ0) is 33.5. The highest BCUT2D eigenvalue weighted by Gasteiger charge is 2.56. The molecule has 1 unspecified atom stereocenters. The van der Waals surface area contributed by atoms with Crippen molar-refractivity contribution in [2.45, 2.75) is 199 Å². The number of ether oxygens (including phenoxy) is 1. The van der Waals surface area contributed by atoms with Gasteiger partial charge in [0.1, 0.15) is 0 Å². The van der Waals surface area contributed by atoms with Gasteiger partial charge in [-0.15, -0.1) is 6.58 Å². The topological polar surface area (TPSA) is 113 Å². The number of Topliss-reactive ketones (excluding diaryl/α,β-unsaturated/α-hetero) is 1. The van der Waals surface area contributed by atoms with Crippen molar-refractivity contribution in [1.82, 2.24) is 5.32 Å². The molecule has 1 atom stereocenters. The summed E-state index contributed by atoms with van der Waals surface area (Å²) in [5.41, 5.74) is 0. The van der Waals surface area contributed by atoms with Crippen LogP contribution in [0, 0.1) is 0 Å². The van der Waals surface area contributed by atoms with Gasteiger partial charge >= 0.3 is 13.6 Å².